The van der Waals surface area contributed by atoms with Crippen molar-refractivity contribution in [1.82, 2.24) is 25.3 Å². The van der Waals surface area contributed by atoms with E-state index in [4.69, 9.17) is 19.7 Å². The van der Waals surface area contributed by atoms with Crippen LogP contribution in [0.1, 0.15) is 65.9 Å². The summed E-state index contributed by atoms with van der Waals surface area (Å²) in [5.74, 6) is 3.08. The van der Waals surface area contributed by atoms with Crippen molar-refractivity contribution in [2.45, 2.75) is 62.1 Å². The van der Waals surface area contributed by atoms with Gasteiger partial charge < -0.3 is 25.0 Å². The second kappa shape index (κ2) is 22.9. The summed E-state index contributed by atoms with van der Waals surface area (Å²) in [5, 5.41) is 11.9. The van der Waals surface area contributed by atoms with Crippen LogP contribution in [-0.4, -0.2) is 36.9 Å². The predicted molar refractivity (Wildman–Crippen MR) is 249 cm³/mol. The lowest BCUT2D eigenvalue weighted by Gasteiger charge is -2.05. The molecule has 0 aliphatic rings. The van der Waals surface area contributed by atoms with Crippen molar-refractivity contribution in [2.24, 2.45) is 5.73 Å². The van der Waals surface area contributed by atoms with Gasteiger partial charge in [-0.1, -0.05) is 47.5 Å². The van der Waals surface area contributed by atoms with Gasteiger partial charge in [0.1, 0.15) is 11.5 Å². The molecule has 0 fully saturated rings. The summed E-state index contributed by atoms with van der Waals surface area (Å²) in [6.07, 6.45) is 6.95. The molecule has 8 aromatic rings. The number of aryl methyl sites for hydroxylation is 4. The van der Waals surface area contributed by atoms with Gasteiger partial charge in [0, 0.05) is 75.9 Å². The second-order valence-electron chi connectivity index (χ2n) is 14.3. The number of nitrogens with two attached hydrogens (primary N) is 1. The molecule has 0 atom stereocenters. The van der Waals surface area contributed by atoms with E-state index in [1.165, 1.54) is 20.9 Å². The number of carboxylic acids is 1. The molecule has 0 bridgehead atoms. The Balaban J connectivity index is 0.000000182. The maximum Gasteiger partial charge on any atom is 0.335 e. The Hall–Kier alpha value is -6.80. The van der Waals surface area contributed by atoms with Gasteiger partial charge >= 0.3 is 5.97 Å². The molecule has 320 valence electrons. The van der Waals surface area contributed by atoms with Crippen molar-refractivity contribution in [3.05, 3.63) is 202 Å². The maximum absolute atomic E-state index is 12.4. The maximum atomic E-state index is 12.4. The number of pyridine rings is 2. The van der Waals surface area contributed by atoms with Gasteiger partial charge in [0.25, 0.3) is 5.91 Å². The zero-order valence-electron chi connectivity index (χ0n) is 35.4. The van der Waals surface area contributed by atoms with Crippen molar-refractivity contribution in [1.29, 1.82) is 0 Å². The molecular formula is C50H48N6O5S2. The fourth-order valence-corrected chi connectivity index (χ4v) is 7.57. The van der Waals surface area contributed by atoms with E-state index in [0.29, 0.717) is 30.4 Å². The van der Waals surface area contributed by atoms with Crippen LogP contribution in [0.3, 0.4) is 0 Å². The zero-order chi connectivity index (χ0) is 44.6. The molecule has 4 N–H and O–H groups in total. The summed E-state index contributed by atoms with van der Waals surface area (Å²) in [4.78, 5) is 42.8. The third-order valence-electron chi connectivity index (χ3n) is 9.49. The number of aromatic nitrogens is 4. The fraction of sp³-hybridized carbons (Fsp3) is 0.160. The highest BCUT2D eigenvalue weighted by Gasteiger charge is 2.15. The number of carbonyl (C=O) groups is 2. The Morgan fingerprint density at radius 2 is 1.05 bits per heavy atom. The Kier molecular flexibility index (Phi) is 16.6. The zero-order valence-corrected chi connectivity index (χ0v) is 37.1. The molecule has 0 saturated heterocycles. The van der Waals surface area contributed by atoms with E-state index in [1.807, 2.05) is 50.2 Å². The SMILES string of the molecule is Cc1ccc(SCc2nc(-c3ccc(C(=O)NCc4cccnc4)cc3)oc2C)cc1.Cc1ccc(SCc2nc(-c3ccc(C(=O)O)cc3)oc2C)cc1.NCc1cccnc1. The standard InChI is InChI=1S/C25H23N3O2S.C19H17NO3S.C6H8N2/c1-17-5-11-22(12-6-17)31-16-23-18(2)30-25(28-23)21-9-7-20(8-10-21)24(29)27-15-19-4-3-13-26-14-19;1-12-3-9-16(10-4-12)24-11-17-13(2)23-18(20-17)14-5-7-15(8-6-14)19(21)22;7-4-6-2-1-3-8-5-6/h3-14H,15-16H2,1-2H3,(H,27,29);3-10H,11H2,1-2H3,(H,21,22);1-3,5H,4,7H2. The number of hydrogen-bond acceptors (Lipinski definition) is 11. The summed E-state index contributed by atoms with van der Waals surface area (Å²) in [6.45, 7) is 8.99. The van der Waals surface area contributed by atoms with Crippen LogP contribution in [0.5, 0.6) is 0 Å². The smallest absolute Gasteiger partial charge is 0.335 e. The van der Waals surface area contributed by atoms with Crippen LogP contribution in [-0.2, 0) is 24.6 Å². The molecule has 13 heteroatoms. The third kappa shape index (κ3) is 13.9. The summed E-state index contributed by atoms with van der Waals surface area (Å²) >= 11 is 3.45. The van der Waals surface area contributed by atoms with Crippen molar-refractivity contribution < 1.29 is 23.5 Å². The largest absolute Gasteiger partial charge is 0.478 e. The Labute approximate surface area is 375 Å². The highest BCUT2D eigenvalue weighted by Crippen LogP contribution is 2.29. The van der Waals surface area contributed by atoms with E-state index >= 15 is 0 Å². The van der Waals surface area contributed by atoms with E-state index in [9.17, 15) is 9.59 Å². The van der Waals surface area contributed by atoms with Crippen molar-refractivity contribution in [2.75, 3.05) is 0 Å². The van der Waals surface area contributed by atoms with Crippen LogP contribution in [0.2, 0.25) is 0 Å². The minimum absolute atomic E-state index is 0.130. The number of carbonyl (C=O) groups excluding carboxylic acids is 1. The first kappa shape index (κ1) is 45.7. The molecule has 4 aromatic heterocycles. The third-order valence-corrected chi connectivity index (χ3v) is 11.5. The van der Waals surface area contributed by atoms with Crippen LogP contribution >= 0.6 is 23.5 Å². The highest BCUT2D eigenvalue weighted by atomic mass is 32.2. The molecule has 1 amide bonds. The number of aromatic carboxylic acids is 1. The van der Waals surface area contributed by atoms with Gasteiger partial charge in [-0.05, 0) is 124 Å². The molecule has 0 aliphatic heterocycles. The van der Waals surface area contributed by atoms with Crippen LogP contribution < -0.4 is 11.1 Å². The number of oxazole rings is 2. The lowest BCUT2D eigenvalue weighted by molar-refractivity contribution is 0.0696. The monoisotopic (exact) mass is 876 g/mol. The fourth-order valence-electron chi connectivity index (χ4n) is 5.77. The highest BCUT2D eigenvalue weighted by molar-refractivity contribution is 7.98. The summed E-state index contributed by atoms with van der Waals surface area (Å²) < 4.78 is 11.6. The van der Waals surface area contributed by atoms with Crippen LogP contribution in [0, 0.1) is 27.7 Å². The number of carboxylic acid groups (broad SMARTS) is 1. The Bertz CT molecular complexity index is 2670. The quantitative estimate of drug-likeness (QED) is 0.0938. The minimum Gasteiger partial charge on any atom is -0.478 e. The first-order valence-corrected chi connectivity index (χ1v) is 22.0. The van der Waals surface area contributed by atoms with Crippen LogP contribution in [0.15, 0.2) is 165 Å². The molecule has 63 heavy (non-hydrogen) atoms. The number of benzene rings is 4. The topological polar surface area (TPSA) is 170 Å². The predicted octanol–water partition coefficient (Wildman–Crippen LogP) is 11.1. The Morgan fingerprint density at radius 1 is 0.603 bits per heavy atom. The molecular weight excluding hydrogens is 829 g/mol. The van der Waals surface area contributed by atoms with Gasteiger partial charge in [0.15, 0.2) is 0 Å². The lowest BCUT2D eigenvalue weighted by atomic mass is 10.1. The molecule has 0 aliphatic carbocycles. The molecule has 4 aromatic carbocycles. The van der Waals surface area contributed by atoms with Gasteiger partial charge in [-0.25, -0.2) is 14.8 Å². The van der Waals surface area contributed by atoms with Crippen LogP contribution in [0.25, 0.3) is 22.9 Å². The molecule has 0 saturated carbocycles. The van der Waals surface area contributed by atoms with Gasteiger partial charge in [0.2, 0.25) is 11.8 Å². The van der Waals surface area contributed by atoms with Gasteiger partial charge in [-0.3, -0.25) is 14.8 Å². The number of hydrogen-bond donors (Lipinski definition) is 3. The second-order valence-corrected chi connectivity index (χ2v) is 16.4. The lowest BCUT2D eigenvalue weighted by Crippen LogP contribution is -2.22. The normalized spacial score (nSPS) is 10.6. The van der Waals surface area contributed by atoms with Gasteiger partial charge in [-0.15, -0.1) is 23.5 Å². The number of nitrogens with one attached hydrogen (secondary N) is 1. The van der Waals surface area contributed by atoms with E-state index in [2.05, 4.69) is 87.6 Å². The van der Waals surface area contributed by atoms with Crippen molar-refractivity contribution >= 4 is 35.4 Å². The van der Waals surface area contributed by atoms with E-state index in [-0.39, 0.29) is 11.5 Å². The average molecular weight is 877 g/mol. The molecule has 11 nitrogen and oxygen atoms in total. The molecule has 0 radical (unpaired) electrons. The van der Waals surface area contributed by atoms with Gasteiger partial charge in [0.05, 0.1) is 17.0 Å². The van der Waals surface area contributed by atoms with Gasteiger partial charge in [-0.2, -0.15) is 0 Å². The van der Waals surface area contributed by atoms with E-state index < -0.39 is 5.97 Å². The molecule has 0 spiro atoms. The first-order chi connectivity index (χ1) is 30.5. The minimum atomic E-state index is -0.944. The van der Waals surface area contributed by atoms with Crippen molar-refractivity contribution in [3.8, 4) is 22.9 Å². The Morgan fingerprint density at radius 3 is 1.44 bits per heavy atom. The number of rotatable bonds is 13. The van der Waals surface area contributed by atoms with E-state index in [0.717, 1.165) is 56.7 Å². The molecule has 4 heterocycles. The first-order valence-electron chi connectivity index (χ1n) is 20.1. The summed E-state index contributed by atoms with van der Waals surface area (Å²) in [5.41, 5.74) is 14.1. The van der Waals surface area contributed by atoms with Crippen LogP contribution in [0.4, 0.5) is 0 Å². The number of nitrogens with zero attached hydrogens (tertiary/aromatic N) is 4. The average Bonchev–Trinajstić information content (AvgIpc) is 3.89. The van der Waals surface area contributed by atoms with Crippen molar-refractivity contribution in [3.63, 3.8) is 0 Å². The number of amides is 1. The molecule has 0 unspecified atom stereocenters. The van der Waals surface area contributed by atoms with E-state index in [1.54, 1.807) is 84.7 Å². The number of thioether (sulfide) groups is 2. The summed E-state index contributed by atoms with van der Waals surface area (Å²) in [7, 11) is 0. The molecule has 8 rings (SSSR count). The summed E-state index contributed by atoms with van der Waals surface area (Å²) in [6, 6.07) is 38.3.